The molecule has 15 aromatic carbocycles. The van der Waals surface area contributed by atoms with Crippen LogP contribution in [0.4, 0.5) is 0 Å². The zero-order chi connectivity index (χ0) is 72.7. The van der Waals surface area contributed by atoms with Gasteiger partial charge in [0.2, 0.25) is 0 Å². The lowest BCUT2D eigenvalue weighted by Crippen LogP contribution is -1.96. The minimum Gasteiger partial charge on any atom is -0.316 e. The molecule has 0 bridgehead atoms. The van der Waals surface area contributed by atoms with Crippen molar-refractivity contribution in [2.24, 2.45) is 0 Å². The summed E-state index contributed by atoms with van der Waals surface area (Å²) in [6, 6.07) is 118. The van der Waals surface area contributed by atoms with Gasteiger partial charge in [0.05, 0.1) is 66.2 Å². The lowest BCUT2D eigenvalue weighted by Gasteiger charge is -2.10. The lowest BCUT2D eigenvalue weighted by atomic mass is 10.0. The number of fused-ring (bicyclic) bond motifs is 19. The maximum Gasteiger partial charge on any atom is 0.0635 e. The molecule has 0 amide bonds. The van der Waals surface area contributed by atoms with Gasteiger partial charge in [-0.1, -0.05) is 264 Å². The monoisotopic (exact) mass is 1380 g/mol. The van der Waals surface area contributed by atoms with E-state index in [2.05, 4.69) is 394 Å². The molecule has 0 saturated heterocycles. The molecule has 6 nitrogen and oxygen atoms in total. The molecule has 0 aliphatic heterocycles. The number of hydrogen-bond donors (Lipinski definition) is 0. The zero-order valence-corrected chi connectivity index (χ0v) is 59.6. The van der Waals surface area contributed by atoms with Crippen molar-refractivity contribution in [1.82, 2.24) is 27.4 Å². The molecule has 21 aromatic rings. The molecule has 6 heterocycles. The fraction of sp³-hybridized carbons (Fsp3) is 0. The zero-order valence-electron chi connectivity index (χ0n) is 59.6. The summed E-state index contributed by atoms with van der Waals surface area (Å²) in [6.45, 7) is 23.7. The molecular weight excluding hydrogens is 1310 g/mol. The van der Waals surface area contributed by atoms with E-state index < -0.39 is 0 Å². The fourth-order valence-corrected chi connectivity index (χ4v) is 16.6. The third-order valence-corrected chi connectivity index (χ3v) is 21.8. The normalized spacial score (nSPS) is 11.6. The van der Waals surface area contributed by atoms with E-state index in [1.807, 2.05) is 36.6 Å². The molecule has 510 valence electrons. The summed E-state index contributed by atoms with van der Waals surface area (Å²) in [7, 11) is 0. The van der Waals surface area contributed by atoms with Crippen LogP contribution >= 0.6 is 0 Å². The Labute approximate surface area is 625 Å². The van der Waals surface area contributed by atoms with E-state index in [9.17, 15) is 0 Å². The predicted molar refractivity (Wildman–Crippen MR) is 466 cm³/mol. The molecule has 6 aromatic heterocycles. The highest BCUT2D eigenvalue weighted by Gasteiger charge is 2.23. The van der Waals surface area contributed by atoms with E-state index in [0.717, 1.165) is 56.3 Å². The first-order valence-corrected chi connectivity index (χ1v) is 36.6. The molecule has 0 N–H and O–H groups in total. The van der Waals surface area contributed by atoms with Crippen LogP contribution in [0.25, 0.3) is 207 Å². The Morgan fingerprint density at radius 2 is 0.481 bits per heavy atom. The molecule has 0 spiro atoms. The third kappa shape index (κ3) is 10.4. The largest absolute Gasteiger partial charge is 0.316 e. The number of benzene rings is 15. The van der Waals surface area contributed by atoms with Gasteiger partial charge in [-0.2, -0.15) is 0 Å². The van der Waals surface area contributed by atoms with E-state index >= 15 is 0 Å². The Kier molecular flexibility index (Phi) is 15.7. The SMILES string of the molecule is C=Cc1ccc(-n2c3ccc(-c4ccccc4)cc3c3c4c(ccc32)c2ccccc2n4C=C)cc1.C=Cc1ccc(-n2c3ccccc3c3cc4c(cc32)c2ccccc2n4-c2ccc(C=C)cc2)cc1.C=Cc1ccc(-n2c3ccccc3c3cc4c5ccccc5n(-c5ccc(C=C)cc5)c4cc32)cc1. The van der Waals surface area contributed by atoms with Gasteiger partial charge in [0.25, 0.3) is 0 Å². The minimum absolute atomic E-state index is 1.11. The lowest BCUT2D eigenvalue weighted by molar-refractivity contribution is 1.16. The minimum atomic E-state index is 1.11. The van der Waals surface area contributed by atoms with Gasteiger partial charge < -0.3 is 27.4 Å². The topological polar surface area (TPSA) is 29.6 Å². The highest BCUT2D eigenvalue weighted by atomic mass is 15.0. The first kappa shape index (κ1) is 64.4. The van der Waals surface area contributed by atoms with Crippen molar-refractivity contribution in [3.8, 4) is 39.6 Å². The van der Waals surface area contributed by atoms with Crippen LogP contribution in [0, 0.1) is 0 Å². The smallest absolute Gasteiger partial charge is 0.0635 e. The van der Waals surface area contributed by atoms with Crippen molar-refractivity contribution >= 4 is 167 Å². The van der Waals surface area contributed by atoms with E-state index in [4.69, 9.17) is 0 Å². The van der Waals surface area contributed by atoms with Crippen molar-refractivity contribution in [3.05, 3.63) is 395 Å². The average Bonchev–Trinajstić information content (AvgIpc) is 1.56. The Morgan fingerprint density at radius 1 is 0.185 bits per heavy atom. The number of aromatic nitrogens is 6. The van der Waals surface area contributed by atoms with Crippen LogP contribution in [0.15, 0.2) is 367 Å². The van der Waals surface area contributed by atoms with Crippen molar-refractivity contribution < 1.29 is 0 Å². The maximum atomic E-state index is 4.19. The van der Waals surface area contributed by atoms with Crippen molar-refractivity contribution in [1.29, 1.82) is 0 Å². The van der Waals surface area contributed by atoms with E-state index in [1.54, 1.807) is 0 Å². The van der Waals surface area contributed by atoms with Gasteiger partial charge in [0.1, 0.15) is 0 Å². The summed E-state index contributed by atoms with van der Waals surface area (Å²) < 4.78 is 14.1. The second-order valence-corrected chi connectivity index (χ2v) is 27.5. The van der Waals surface area contributed by atoms with Crippen LogP contribution in [0.3, 0.4) is 0 Å². The number of para-hydroxylation sites is 5. The third-order valence-electron chi connectivity index (χ3n) is 21.8. The average molecular weight is 1380 g/mol. The molecule has 0 radical (unpaired) electrons. The van der Waals surface area contributed by atoms with Crippen molar-refractivity contribution in [3.63, 3.8) is 0 Å². The summed E-state index contributed by atoms with van der Waals surface area (Å²) in [5.74, 6) is 0. The molecule has 0 atom stereocenters. The quantitative estimate of drug-likeness (QED) is 0.117. The summed E-state index contributed by atoms with van der Waals surface area (Å²) in [5.41, 5.74) is 28.1. The van der Waals surface area contributed by atoms with Gasteiger partial charge in [0, 0.05) is 99.3 Å². The number of rotatable bonds is 12. The van der Waals surface area contributed by atoms with E-state index in [0.29, 0.717) is 0 Å². The molecule has 0 aliphatic carbocycles. The first-order valence-electron chi connectivity index (χ1n) is 36.6. The molecule has 108 heavy (non-hydrogen) atoms. The van der Waals surface area contributed by atoms with Gasteiger partial charge in [-0.25, -0.2) is 0 Å². The molecule has 21 rings (SSSR count). The molecule has 0 saturated carbocycles. The van der Waals surface area contributed by atoms with E-state index in [-0.39, 0.29) is 0 Å². The van der Waals surface area contributed by atoms with Crippen LogP contribution in [-0.2, 0) is 0 Å². The molecule has 0 unspecified atom stereocenters. The van der Waals surface area contributed by atoms with Gasteiger partial charge in [-0.15, -0.1) is 0 Å². The highest BCUT2D eigenvalue weighted by molar-refractivity contribution is 6.27. The van der Waals surface area contributed by atoms with Crippen LogP contribution in [0.5, 0.6) is 0 Å². The molecule has 6 heteroatoms. The van der Waals surface area contributed by atoms with Crippen LogP contribution in [0.1, 0.15) is 27.8 Å². The van der Waals surface area contributed by atoms with Crippen molar-refractivity contribution in [2.75, 3.05) is 0 Å². The van der Waals surface area contributed by atoms with Crippen LogP contribution < -0.4 is 0 Å². The fourth-order valence-electron chi connectivity index (χ4n) is 16.6. The van der Waals surface area contributed by atoms with Crippen LogP contribution in [0.2, 0.25) is 0 Å². The summed E-state index contributed by atoms with van der Waals surface area (Å²) in [4.78, 5) is 0. The number of nitrogens with zero attached hydrogens (tertiary/aromatic N) is 6. The summed E-state index contributed by atoms with van der Waals surface area (Å²) >= 11 is 0. The second-order valence-electron chi connectivity index (χ2n) is 27.5. The van der Waals surface area contributed by atoms with Crippen molar-refractivity contribution in [2.45, 2.75) is 0 Å². The molecule has 0 fully saturated rings. The predicted octanol–water partition coefficient (Wildman–Crippen LogP) is 27.6. The van der Waals surface area contributed by atoms with Gasteiger partial charge >= 0.3 is 0 Å². The van der Waals surface area contributed by atoms with Gasteiger partial charge in [-0.3, -0.25) is 0 Å². The van der Waals surface area contributed by atoms with Gasteiger partial charge in [0.15, 0.2) is 0 Å². The Balaban J connectivity index is 0.000000110. The summed E-state index contributed by atoms with van der Waals surface area (Å²) in [6.07, 6.45) is 11.4. The molecule has 0 aliphatic rings. The number of hydrogen-bond acceptors (Lipinski definition) is 0. The summed E-state index contributed by atoms with van der Waals surface area (Å²) in [5, 5.41) is 15.0. The van der Waals surface area contributed by atoms with Crippen LogP contribution in [-0.4, -0.2) is 27.4 Å². The second kappa shape index (κ2) is 26.4. The Bertz CT molecular complexity index is 6930. The maximum absolute atomic E-state index is 4.19. The Morgan fingerprint density at radius 3 is 0.843 bits per heavy atom. The first-order chi connectivity index (χ1) is 53.3. The standard InChI is InChI=1S/3C34H24N2/c1-3-23-13-17-25(18-14-23)35-31-11-7-5-9-27(31)29-22-34-30(21-33(29)35)28-10-6-8-12-32(28)36(34)26-19-15-24(4-2)16-20-26;1-3-23-13-17-25(18-14-23)35-31-11-7-5-9-27(31)29-21-30-28-10-6-8-12-32(28)36(34(30)22-33(29)35)26-19-15-24(4-2)16-20-26;1-3-23-14-17-26(18-15-23)36-31-20-16-25(24-10-6-5-7-11-24)22-29(31)33-32(36)21-19-28-27-12-8-9-13-30(27)35(4-2)34(28)33/h3*3-22H,1-2H2. The highest BCUT2D eigenvalue weighted by Crippen LogP contribution is 2.45. The van der Waals surface area contributed by atoms with E-state index in [1.165, 1.54) is 142 Å². The van der Waals surface area contributed by atoms with Gasteiger partial charge in [-0.05, 0) is 172 Å². The Hall–Kier alpha value is -14.5. The molecular formula is C102H72N6.